The maximum absolute atomic E-state index is 12.8. The number of carbonyl (C=O) groups excluding carboxylic acids is 2. The van der Waals surface area contributed by atoms with Gasteiger partial charge >= 0.3 is 6.03 Å². The molecule has 0 bridgehead atoms. The number of nitrogens with zero attached hydrogens (tertiary/aromatic N) is 4. The highest BCUT2D eigenvalue weighted by Crippen LogP contribution is 2.34. The first-order valence-electron chi connectivity index (χ1n) is 11.8. The number of benzene rings is 1. The zero-order valence-corrected chi connectivity index (χ0v) is 21.1. The Labute approximate surface area is 212 Å². The van der Waals surface area contributed by atoms with Crippen LogP contribution < -0.4 is 21.6 Å². The molecule has 10 heteroatoms. The molecule has 0 spiro atoms. The van der Waals surface area contributed by atoms with Crippen LogP contribution in [-0.4, -0.2) is 72.6 Å². The van der Waals surface area contributed by atoms with Crippen molar-refractivity contribution in [2.75, 3.05) is 40.8 Å². The average molecular weight is 494 g/mol. The largest absolute Gasteiger partial charge is 0.496 e. The van der Waals surface area contributed by atoms with E-state index in [2.05, 4.69) is 17.5 Å². The summed E-state index contributed by atoms with van der Waals surface area (Å²) in [5, 5.41) is 4.29. The van der Waals surface area contributed by atoms with Crippen molar-refractivity contribution < 1.29 is 14.3 Å². The number of urea groups is 1. The number of amides is 3. The lowest BCUT2D eigenvalue weighted by molar-refractivity contribution is -0.130. The van der Waals surface area contributed by atoms with Crippen LogP contribution in [0.3, 0.4) is 0 Å². The summed E-state index contributed by atoms with van der Waals surface area (Å²) in [7, 11) is 5.01. The zero-order valence-electron chi connectivity index (χ0n) is 21.1. The van der Waals surface area contributed by atoms with Crippen molar-refractivity contribution in [3.05, 3.63) is 66.3 Å². The minimum absolute atomic E-state index is 0.0300. The van der Waals surface area contributed by atoms with Crippen LogP contribution in [-0.2, 0) is 11.3 Å². The summed E-state index contributed by atoms with van der Waals surface area (Å²) >= 11 is 0. The fourth-order valence-corrected chi connectivity index (χ4v) is 3.96. The van der Waals surface area contributed by atoms with Gasteiger partial charge in [0.05, 0.1) is 19.3 Å². The number of hydrogen-bond acceptors (Lipinski definition) is 7. The monoisotopic (exact) mass is 493 g/mol. The molecular formula is C26H35N7O3. The lowest BCUT2D eigenvalue weighted by Gasteiger charge is -2.28. The molecule has 0 fully saturated rings. The molecule has 0 unspecified atom stereocenters. The van der Waals surface area contributed by atoms with E-state index >= 15 is 0 Å². The van der Waals surface area contributed by atoms with Crippen LogP contribution in [0.4, 0.5) is 4.79 Å². The molecule has 1 aromatic carbocycles. The summed E-state index contributed by atoms with van der Waals surface area (Å²) in [4.78, 5) is 33.0. The number of ether oxygens (including phenoxy) is 1. The number of rotatable bonds is 9. The SMILES string of the molecule is COc1ccccc1-c1cc(C2=CCCN(C(=O)CCN(N)/C=C\N)C2)cnc1CNC(=O)N(C)C. The van der Waals surface area contributed by atoms with Gasteiger partial charge in [-0.1, -0.05) is 24.3 Å². The van der Waals surface area contributed by atoms with Crippen LogP contribution in [0.5, 0.6) is 5.75 Å². The van der Waals surface area contributed by atoms with Gasteiger partial charge in [-0.2, -0.15) is 0 Å². The maximum atomic E-state index is 12.8. The van der Waals surface area contributed by atoms with Gasteiger partial charge in [-0.15, -0.1) is 0 Å². The van der Waals surface area contributed by atoms with Gasteiger partial charge in [0.25, 0.3) is 0 Å². The standard InChI is InChI=1S/C26H35N7O3/c1-31(2)26(35)30-17-23-22(21-8-4-5-9-24(21)36-3)15-20(16-29-23)19-7-6-12-32(18-19)25(34)10-13-33(28)14-11-27/h4-5,7-9,11,14-16H,6,10,12-13,17-18,27-28H2,1-3H3,(H,30,35)/b14-11-. The Morgan fingerprint density at radius 2 is 2.03 bits per heavy atom. The van der Waals surface area contributed by atoms with Crippen molar-refractivity contribution in [1.29, 1.82) is 0 Å². The highest BCUT2D eigenvalue weighted by atomic mass is 16.5. The van der Waals surface area contributed by atoms with Gasteiger partial charge < -0.3 is 30.6 Å². The van der Waals surface area contributed by atoms with Gasteiger partial charge in [0.2, 0.25) is 5.91 Å². The van der Waals surface area contributed by atoms with Gasteiger partial charge in [-0.25, -0.2) is 10.6 Å². The molecule has 2 aromatic rings. The Bertz CT molecular complexity index is 1130. The Morgan fingerprint density at radius 1 is 1.25 bits per heavy atom. The quantitative estimate of drug-likeness (QED) is 0.360. The smallest absolute Gasteiger partial charge is 0.317 e. The molecule has 3 amide bonds. The zero-order chi connectivity index (χ0) is 26.1. The van der Waals surface area contributed by atoms with E-state index in [4.69, 9.17) is 21.3 Å². The van der Waals surface area contributed by atoms with E-state index in [1.54, 1.807) is 27.4 Å². The molecule has 10 nitrogen and oxygen atoms in total. The number of methoxy groups -OCH3 is 1. The molecule has 0 saturated heterocycles. The number of hydrazine groups is 1. The lowest BCUT2D eigenvalue weighted by atomic mass is 9.96. The Morgan fingerprint density at radius 3 is 2.75 bits per heavy atom. The number of nitrogens with two attached hydrogens (primary N) is 2. The Balaban J connectivity index is 1.86. The van der Waals surface area contributed by atoms with Crippen molar-refractivity contribution >= 4 is 17.5 Å². The molecule has 192 valence electrons. The summed E-state index contributed by atoms with van der Waals surface area (Å²) < 4.78 is 5.60. The molecule has 36 heavy (non-hydrogen) atoms. The van der Waals surface area contributed by atoms with E-state index in [0.717, 1.165) is 34.4 Å². The Hall–Kier alpha value is -4.05. The summed E-state index contributed by atoms with van der Waals surface area (Å²) in [5.74, 6) is 6.53. The fourth-order valence-electron chi connectivity index (χ4n) is 3.96. The number of nitrogens with one attached hydrogen (secondary N) is 1. The third-order valence-corrected chi connectivity index (χ3v) is 5.92. The molecule has 1 aromatic heterocycles. The first-order valence-corrected chi connectivity index (χ1v) is 11.8. The number of hydrogen-bond donors (Lipinski definition) is 3. The van der Waals surface area contributed by atoms with Crippen molar-refractivity contribution in [2.24, 2.45) is 11.6 Å². The second-order valence-corrected chi connectivity index (χ2v) is 8.63. The van der Waals surface area contributed by atoms with Gasteiger partial charge in [0.1, 0.15) is 5.75 Å². The van der Waals surface area contributed by atoms with E-state index in [-0.39, 0.29) is 18.5 Å². The van der Waals surface area contributed by atoms with E-state index < -0.39 is 0 Å². The normalized spacial score (nSPS) is 13.3. The number of pyridine rings is 1. The van der Waals surface area contributed by atoms with Crippen molar-refractivity contribution in [3.8, 4) is 16.9 Å². The second-order valence-electron chi connectivity index (χ2n) is 8.63. The molecule has 0 atom stereocenters. The first kappa shape index (κ1) is 26.6. The van der Waals surface area contributed by atoms with Crippen LogP contribution in [0.25, 0.3) is 16.7 Å². The van der Waals surface area contributed by atoms with Crippen molar-refractivity contribution in [3.63, 3.8) is 0 Å². The van der Waals surface area contributed by atoms with E-state index in [1.807, 2.05) is 29.2 Å². The van der Waals surface area contributed by atoms with Crippen molar-refractivity contribution in [1.82, 2.24) is 25.1 Å². The molecule has 1 aliphatic heterocycles. The molecule has 2 heterocycles. The second kappa shape index (κ2) is 12.6. The van der Waals surface area contributed by atoms with E-state index in [9.17, 15) is 9.59 Å². The predicted molar refractivity (Wildman–Crippen MR) is 140 cm³/mol. The van der Waals surface area contributed by atoms with Crippen LogP contribution in [0.15, 0.2) is 55.0 Å². The van der Waals surface area contributed by atoms with E-state index in [0.29, 0.717) is 31.8 Å². The molecule has 0 saturated carbocycles. The van der Waals surface area contributed by atoms with Gasteiger partial charge in [0, 0.05) is 69.9 Å². The highest BCUT2D eigenvalue weighted by Gasteiger charge is 2.21. The highest BCUT2D eigenvalue weighted by molar-refractivity contribution is 5.82. The molecule has 5 N–H and O–H groups in total. The number of aromatic nitrogens is 1. The van der Waals surface area contributed by atoms with Crippen LogP contribution in [0.1, 0.15) is 24.1 Å². The summed E-state index contributed by atoms with van der Waals surface area (Å²) in [6.45, 7) is 1.79. The van der Waals surface area contributed by atoms with Gasteiger partial charge in [-0.3, -0.25) is 9.78 Å². The minimum atomic E-state index is -0.200. The maximum Gasteiger partial charge on any atom is 0.317 e. The van der Waals surface area contributed by atoms with Crippen LogP contribution in [0.2, 0.25) is 0 Å². The topological polar surface area (TPSA) is 130 Å². The van der Waals surface area contributed by atoms with Gasteiger partial charge in [-0.05, 0) is 29.7 Å². The first-order chi connectivity index (χ1) is 17.3. The third kappa shape index (κ3) is 6.76. The lowest BCUT2D eigenvalue weighted by Crippen LogP contribution is -2.38. The minimum Gasteiger partial charge on any atom is -0.496 e. The molecule has 0 radical (unpaired) electrons. The molecule has 0 aliphatic carbocycles. The fraction of sp³-hybridized carbons (Fsp3) is 0.346. The summed E-state index contributed by atoms with van der Waals surface area (Å²) in [6, 6.07) is 9.56. The molecular weight excluding hydrogens is 458 g/mol. The van der Waals surface area contributed by atoms with Gasteiger partial charge in [0.15, 0.2) is 0 Å². The average Bonchev–Trinajstić information content (AvgIpc) is 2.90. The third-order valence-electron chi connectivity index (χ3n) is 5.92. The summed E-state index contributed by atoms with van der Waals surface area (Å²) in [5.41, 5.74) is 9.75. The van der Waals surface area contributed by atoms with Crippen LogP contribution in [0, 0.1) is 0 Å². The van der Waals surface area contributed by atoms with Crippen LogP contribution >= 0.6 is 0 Å². The predicted octanol–water partition coefficient (Wildman–Crippen LogP) is 2.14. The number of carbonyl (C=O) groups is 2. The van der Waals surface area contributed by atoms with Crippen molar-refractivity contribution in [2.45, 2.75) is 19.4 Å². The molecule has 3 rings (SSSR count). The molecule has 1 aliphatic rings. The van der Waals surface area contributed by atoms with E-state index in [1.165, 1.54) is 22.3 Å². The number of para-hydroxylation sites is 1. The summed E-state index contributed by atoms with van der Waals surface area (Å²) in [6.07, 6.45) is 7.86. The Kier molecular flexibility index (Phi) is 9.29.